The predicted molar refractivity (Wildman–Crippen MR) is 59.1 cm³/mol. The standard InChI is InChI=1S/C13H20/c1-10-6-7-12(8-11(10)2)9-13(3,4)5/h6-8H,9H2,1-5H3/i2D3. The van der Waals surface area contributed by atoms with Crippen molar-refractivity contribution in [2.24, 2.45) is 5.41 Å². The van der Waals surface area contributed by atoms with Crippen LogP contribution in [0.3, 0.4) is 0 Å². The molecule has 0 saturated carbocycles. The molecule has 0 spiro atoms. The summed E-state index contributed by atoms with van der Waals surface area (Å²) in [4.78, 5) is 0. The zero-order chi connectivity index (χ0) is 12.6. The first-order valence-corrected chi connectivity index (χ1v) is 4.70. The van der Waals surface area contributed by atoms with Crippen LogP contribution in [-0.4, -0.2) is 0 Å². The van der Waals surface area contributed by atoms with Crippen LogP contribution >= 0.6 is 0 Å². The SMILES string of the molecule is [2H]C([2H])([2H])c1cc(CC(C)(C)C)ccc1C. The molecule has 0 radical (unpaired) electrons. The minimum absolute atomic E-state index is 0.182. The fraction of sp³-hybridized carbons (Fsp3) is 0.538. The molecule has 0 saturated heterocycles. The lowest BCUT2D eigenvalue weighted by Gasteiger charge is -2.18. The second kappa shape index (κ2) is 3.53. The number of hydrogen-bond acceptors (Lipinski definition) is 0. The zero-order valence-corrected chi connectivity index (χ0v) is 8.94. The molecule has 0 N–H and O–H groups in total. The summed E-state index contributed by atoms with van der Waals surface area (Å²) < 4.78 is 22.4. The maximum atomic E-state index is 7.47. The Morgan fingerprint density at radius 3 is 2.46 bits per heavy atom. The Hall–Kier alpha value is -0.780. The van der Waals surface area contributed by atoms with Crippen LogP contribution in [0.2, 0.25) is 0 Å². The van der Waals surface area contributed by atoms with Crippen LogP contribution in [-0.2, 0) is 6.42 Å². The van der Waals surface area contributed by atoms with Crippen LogP contribution in [0.1, 0.15) is 41.6 Å². The van der Waals surface area contributed by atoms with Crippen LogP contribution in [0.4, 0.5) is 0 Å². The van der Waals surface area contributed by atoms with E-state index in [2.05, 4.69) is 20.8 Å². The third-order valence-electron chi connectivity index (χ3n) is 2.04. The van der Waals surface area contributed by atoms with E-state index in [4.69, 9.17) is 4.11 Å². The lowest BCUT2D eigenvalue weighted by atomic mass is 9.87. The van der Waals surface area contributed by atoms with Crippen LogP contribution < -0.4 is 0 Å². The smallest absolute Gasteiger partial charge is 0.0280 e. The van der Waals surface area contributed by atoms with Crippen LogP contribution in [0.25, 0.3) is 0 Å². The largest absolute Gasteiger partial charge is 0.0599 e. The van der Waals surface area contributed by atoms with Crippen LogP contribution in [0, 0.1) is 19.2 Å². The molecule has 1 aromatic carbocycles. The van der Waals surface area contributed by atoms with Gasteiger partial charge < -0.3 is 0 Å². The van der Waals surface area contributed by atoms with Crippen molar-refractivity contribution in [1.29, 1.82) is 0 Å². The molecule has 0 bridgehead atoms. The van der Waals surface area contributed by atoms with Crippen LogP contribution in [0.15, 0.2) is 18.2 Å². The van der Waals surface area contributed by atoms with Crippen molar-refractivity contribution < 1.29 is 4.11 Å². The Morgan fingerprint density at radius 2 is 1.92 bits per heavy atom. The predicted octanol–water partition coefficient (Wildman–Crippen LogP) is 3.89. The highest BCUT2D eigenvalue weighted by atomic mass is 14.2. The molecular weight excluding hydrogens is 156 g/mol. The number of hydrogen-bond donors (Lipinski definition) is 0. The average Bonchev–Trinajstić information content (AvgIpc) is 2.04. The Bertz CT molecular complexity index is 370. The van der Waals surface area contributed by atoms with Gasteiger partial charge in [-0.15, -0.1) is 0 Å². The van der Waals surface area contributed by atoms with Gasteiger partial charge in [-0.3, -0.25) is 0 Å². The summed E-state index contributed by atoms with van der Waals surface area (Å²) >= 11 is 0. The Morgan fingerprint density at radius 1 is 1.23 bits per heavy atom. The fourth-order valence-electron chi connectivity index (χ4n) is 1.39. The summed E-state index contributed by atoms with van der Waals surface area (Å²) in [5.41, 5.74) is 2.61. The van der Waals surface area contributed by atoms with E-state index in [9.17, 15) is 0 Å². The first-order valence-electron chi connectivity index (χ1n) is 6.20. The number of benzene rings is 1. The minimum Gasteiger partial charge on any atom is -0.0599 e. The normalized spacial score (nSPS) is 16.2. The summed E-state index contributed by atoms with van der Waals surface area (Å²) in [5, 5.41) is 0. The van der Waals surface area contributed by atoms with Crippen molar-refractivity contribution in [2.75, 3.05) is 0 Å². The van der Waals surface area contributed by atoms with Gasteiger partial charge in [0.2, 0.25) is 0 Å². The summed E-state index contributed by atoms with van der Waals surface area (Å²) in [6, 6.07) is 5.76. The number of aryl methyl sites for hydroxylation is 2. The van der Waals surface area contributed by atoms with Gasteiger partial charge in [0.05, 0.1) is 0 Å². The molecule has 1 aromatic rings. The first kappa shape index (κ1) is 6.64. The summed E-state index contributed by atoms with van der Waals surface area (Å²) in [6.07, 6.45) is 0.899. The molecule has 0 aromatic heterocycles. The lowest BCUT2D eigenvalue weighted by molar-refractivity contribution is 0.411. The third-order valence-corrected chi connectivity index (χ3v) is 2.04. The van der Waals surface area contributed by atoms with E-state index < -0.39 is 6.85 Å². The molecule has 13 heavy (non-hydrogen) atoms. The fourth-order valence-corrected chi connectivity index (χ4v) is 1.39. The molecule has 0 aliphatic carbocycles. The van der Waals surface area contributed by atoms with Gasteiger partial charge in [-0.25, -0.2) is 0 Å². The van der Waals surface area contributed by atoms with E-state index in [-0.39, 0.29) is 5.41 Å². The topological polar surface area (TPSA) is 0 Å². The van der Waals surface area contributed by atoms with Gasteiger partial charge in [0.15, 0.2) is 0 Å². The van der Waals surface area contributed by atoms with E-state index >= 15 is 0 Å². The van der Waals surface area contributed by atoms with Crippen LogP contribution in [0.5, 0.6) is 0 Å². The van der Waals surface area contributed by atoms with E-state index in [1.165, 1.54) is 0 Å². The van der Waals surface area contributed by atoms with Gasteiger partial charge in [0.1, 0.15) is 0 Å². The summed E-state index contributed by atoms with van der Waals surface area (Å²) in [5.74, 6) is 0. The molecule has 0 aliphatic rings. The summed E-state index contributed by atoms with van der Waals surface area (Å²) in [6.45, 7) is 6.31. The second-order valence-corrected chi connectivity index (χ2v) is 4.89. The molecule has 72 valence electrons. The molecular formula is C13H20. The van der Waals surface area contributed by atoms with Gasteiger partial charge in [0, 0.05) is 4.11 Å². The van der Waals surface area contributed by atoms with Gasteiger partial charge in [-0.2, -0.15) is 0 Å². The monoisotopic (exact) mass is 179 g/mol. The quantitative estimate of drug-likeness (QED) is 0.613. The number of rotatable bonds is 1. The van der Waals surface area contributed by atoms with Gasteiger partial charge in [0.25, 0.3) is 0 Å². The van der Waals surface area contributed by atoms with Crippen molar-refractivity contribution in [3.05, 3.63) is 34.9 Å². The maximum Gasteiger partial charge on any atom is 0.0280 e. The third kappa shape index (κ3) is 3.22. The molecule has 0 heteroatoms. The lowest BCUT2D eigenvalue weighted by Crippen LogP contribution is -2.09. The molecule has 0 aliphatic heterocycles. The summed E-state index contributed by atoms with van der Waals surface area (Å²) in [7, 11) is 0. The van der Waals surface area contributed by atoms with Crippen molar-refractivity contribution in [3.63, 3.8) is 0 Å². The van der Waals surface area contributed by atoms with Crippen molar-refractivity contribution >= 4 is 0 Å². The van der Waals surface area contributed by atoms with Gasteiger partial charge >= 0.3 is 0 Å². The van der Waals surface area contributed by atoms with Gasteiger partial charge in [-0.05, 0) is 42.3 Å². The highest BCUT2D eigenvalue weighted by Gasteiger charge is 2.11. The minimum atomic E-state index is -2.00. The molecule has 0 fully saturated rings. The van der Waals surface area contributed by atoms with Gasteiger partial charge in [-0.1, -0.05) is 39.0 Å². The maximum absolute atomic E-state index is 7.47. The highest BCUT2D eigenvalue weighted by Crippen LogP contribution is 2.21. The Balaban J connectivity index is 3.09. The van der Waals surface area contributed by atoms with E-state index in [1.807, 2.05) is 25.1 Å². The first-order chi connectivity index (χ1) is 7.09. The second-order valence-electron chi connectivity index (χ2n) is 4.89. The highest BCUT2D eigenvalue weighted by molar-refractivity contribution is 5.30. The van der Waals surface area contributed by atoms with Crippen molar-refractivity contribution in [2.45, 2.75) is 41.0 Å². The Kier molecular flexibility index (Phi) is 1.80. The zero-order valence-electron chi connectivity index (χ0n) is 11.9. The molecule has 0 heterocycles. The average molecular weight is 179 g/mol. The molecule has 0 amide bonds. The Labute approximate surface area is 86.2 Å². The van der Waals surface area contributed by atoms with E-state index in [0.29, 0.717) is 5.56 Å². The molecule has 0 nitrogen and oxygen atoms in total. The van der Waals surface area contributed by atoms with E-state index in [1.54, 1.807) is 0 Å². The van der Waals surface area contributed by atoms with E-state index in [0.717, 1.165) is 17.5 Å². The molecule has 1 rings (SSSR count). The molecule has 0 atom stereocenters. The van der Waals surface area contributed by atoms with Crippen molar-refractivity contribution in [3.8, 4) is 0 Å². The molecule has 0 unspecified atom stereocenters. The van der Waals surface area contributed by atoms with Crippen molar-refractivity contribution in [1.82, 2.24) is 0 Å².